The average molecular weight is 327 g/mol. The molecule has 0 N–H and O–H groups in total. The van der Waals surface area contributed by atoms with Crippen molar-refractivity contribution < 1.29 is 28.3 Å². The van der Waals surface area contributed by atoms with Gasteiger partial charge in [-0.2, -0.15) is 0 Å². The maximum absolute atomic E-state index is 14.0. The van der Waals surface area contributed by atoms with E-state index in [1.54, 1.807) is 13.8 Å². The number of hydrogen-bond acceptors (Lipinski definition) is 6. The van der Waals surface area contributed by atoms with Crippen molar-refractivity contribution in [1.29, 1.82) is 0 Å². The molecule has 0 bridgehead atoms. The zero-order valence-electron chi connectivity index (χ0n) is 13.1. The second-order valence-electron chi connectivity index (χ2n) is 5.31. The second kappa shape index (κ2) is 6.59. The van der Waals surface area contributed by atoms with E-state index in [4.69, 9.17) is 14.2 Å². The van der Waals surface area contributed by atoms with Crippen molar-refractivity contribution in [1.82, 2.24) is 0 Å². The molecule has 1 fully saturated rings. The van der Waals surface area contributed by atoms with Gasteiger partial charge in [-0.25, -0.2) is 4.39 Å². The number of rotatable bonds is 6. The number of benzene rings is 1. The van der Waals surface area contributed by atoms with Crippen molar-refractivity contribution in [3.05, 3.63) is 33.6 Å². The molecule has 0 aromatic heterocycles. The van der Waals surface area contributed by atoms with Crippen LogP contribution in [0.15, 0.2) is 12.1 Å². The number of carbonyl (C=O) groups is 1. The Hall–Kier alpha value is -2.06. The van der Waals surface area contributed by atoms with Gasteiger partial charge in [0.25, 0.3) is 0 Å². The highest BCUT2D eigenvalue weighted by atomic mass is 19.1. The smallest absolute Gasteiger partial charge is 0.311 e. The molecule has 0 aliphatic carbocycles. The van der Waals surface area contributed by atoms with Crippen LogP contribution in [0.25, 0.3) is 0 Å². The van der Waals surface area contributed by atoms with Crippen LogP contribution in [-0.2, 0) is 9.47 Å². The van der Waals surface area contributed by atoms with Gasteiger partial charge in [-0.1, -0.05) is 6.92 Å². The van der Waals surface area contributed by atoms with E-state index in [1.165, 1.54) is 0 Å². The Morgan fingerprint density at radius 2 is 2.09 bits per heavy atom. The number of nitrogens with zero attached hydrogens (tertiary/aromatic N) is 1. The molecule has 1 aromatic rings. The Morgan fingerprint density at radius 1 is 1.48 bits per heavy atom. The molecule has 1 aromatic carbocycles. The molecule has 0 saturated carbocycles. The van der Waals surface area contributed by atoms with Gasteiger partial charge in [0.15, 0.2) is 11.9 Å². The Bertz CT molecular complexity index is 627. The molecule has 7 nitrogen and oxygen atoms in total. The Labute approximate surface area is 132 Å². The molecule has 0 radical (unpaired) electrons. The minimum Gasteiger partial charge on any atom is -0.477 e. The topological polar surface area (TPSA) is 87.9 Å². The van der Waals surface area contributed by atoms with Gasteiger partial charge in [0, 0.05) is 6.07 Å². The third kappa shape index (κ3) is 3.32. The van der Waals surface area contributed by atoms with E-state index < -0.39 is 45.4 Å². The summed E-state index contributed by atoms with van der Waals surface area (Å²) in [7, 11) is 0. The van der Waals surface area contributed by atoms with Crippen LogP contribution in [0.5, 0.6) is 5.75 Å². The highest BCUT2D eigenvalue weighted by Crippen LogP contribution is 2.37. The van der Waals surface area contributed by atoms with E-state index in [9.17, 15) is 19.3 Å². The number of halogens is 1. The van der Waals surface area contributed by atoms with Gasteiger partial charge in [-0.05, 0) is 26.3 Å². The van der Waals surface area contributed by atoms with Crippen LogP contribution in [-0.4, -0.2) is 35.8 Å². The summed E-state index contributed by atoms with van der Waals surface area (Å²) in [5, 5.41) is 11.2. The summed E-state index contributed by atoms with van der Waals surface area (Å²) in [4.78, 5) is 22.2. The van der Waals surface area contributed by atoms with Crippen LogP contribution < -0.4 is 4.74 Å². The summed E-state index contributed by atoms with van der Waals surface area (Å²) in [5.74, 6) is -3.03. The molecule has 1 atom stereocenters. The van der Waals surface area contributed by atoms with Gasteiger partial charge >= 0.3 is 5.69 Å². The summed E-state index contributed by atoms with van der Waals surface area (Å²) in [6.07, 6.45) is -0.342. The molecule has 23 heavy (non-hydrogen) atoms. The van der Waals surface area contributed by atoms with Gasteiger partial charge in [-0.3, -0.25) is 14.9 Å². The van der Waals surface area contributed by atoms with Crippen molar-refractivity contribution >= 4 is 11.5 Å². The monoisotopic (exact) mass is 327 g/mol. The Kier molecular flexibility index (Phi) is 4.96. The highest BCUT2D eigenvalue weighted by Gasteiger charge is 2.42. The van der Waals surface area contributed by atoms with Crippen molar-refractivity contribution in [3.8, 4) is 5.75 Å². The number of Topliss-reactive ketones (excluding diaryl/α,β-unsaturated/α-hetero) is 1. The Balaban J connectivity index is 2.49. The molecule has 1 aliphatic heterocycles. The fourth-order valence-electron chi connectivity index (χ4n) is 2.56. The van der Waals surface area contributed by atoms with Crippen molar-refractivity contribution in [2.75, 3.05) is 13.2 Å². The van der Waals surface area contributed by atoms with E-state index in [2.05, 4.69) is 0 Å². The van der Waals surface area contributed by atoms with Crippen molar-refractivity contribution in [2.24, 2.45) is 0 Å². The molecule has 126 valence electrons. The summed E-state index contributed by atoms with van der Waals surface area (Å²) < 4.78 is 30.7. The van der Waals surface area contributed by atoms with Crippen LogP contribution in [0.4, 0.5) is 10.1 Å². The number of nitro benzene ring substituents is 1. The lowest BCUT2D eigenvalue weighted by molar-refractivity contribution is -0.386. The van der Waals surface area contributed by atoms with Gasteiger partial charge in [0.1, 0.15) is 11.4 Å². The van der Waals surface area contributed by atoms with Crippen molar-refractivity contribution in [2.45, 2.75) is 39.1 Å². The number of ether oxygens (including phenoxy) is 3. The van der Waals surface area contributed by atoms with Crippen LogP contribution in [0.2, 0.25) is 0 Å². The van der Waals surface area contributed by atoms with E-state index >= 15 is 0 Å². The third-order valence-electron chi connectivity index (χ3n) is 3.71. The molecule has 0 amide bonds. The molecule has 0 spiro atoms. The molecular formula is C15H18FNO6. The molecule has 1 saturated heterocycles. The van der Waals surface area contributed by atoms with Crippen molar-refractivity contribution in [3.63, 3.8) is 0 Å². The predicted molar refractivity (Wildman–Crippen MR) is 78.1 cm³/mol. The third-order valence-corrected chi connectivity index (χ3v) is 3.71. The fourth-order valence-corrected chi connectivity index (χ4v) is 2.56. The molecule has 1 unspecified atom stereocenters. The largest absolute Gasteiger partial charge is 0.477 e. The van der Waals surface area contributed by atoms with E-state index in [0.29, 0.717) is 19.6 Å². The normalized spacial score (nSPS) is 17.7. The zero-order valence-corrected chi connectivity index (χ0v) is 13.1. The van der Waals surface area contributed by atoms with Crippen LogP contribution in [0.3, 0.4) is 0 Å². The lowest BCUT2D eigenvalue weighted by atomic mass is 10.1. The van der Waals surface area contributed by atoms with Gasteiger partial charge < -0.3 is 14.2 Å². The van der Waals surface area contributed by atoms with E-state index in [1.807, 2.05) is 0 Å². The minimum absolute atomic E-state index is 0.362. The van der Waals surface area contributed by atoms with E-state index in [0.717, 1.165) is 19.1 Å². The predicted octanol–water partition coefficient (Wildman–Crippen LogP) is 2.86. The first-order valence-corrected chi connectivity index (χ1v) is 7.22. The standard InChI is InChI=1S/C15H18FNO6/c1-4-12(15(3)21-7-8-22-15)23-14-11(17(19)20)6-5-10(16)13(14)9(2)18/h5-6,12H,4,7-8H2,1-3H3. The number of ketones is 1. The fraction of sp³-hybridized carbons (Fsp3) is 0.533. The zero-order chi connectivity index (χ0) is 17.2. The molecule has 1 heterocycles. The first-order chi connectivity index (χ1) is 10.8. The first kappa shape index (κ1) is 17.3. The molecule has 2 rings (SSSR count). The summed E-state index contributed by atoms with van der Waals surface area (Å²) >= 11 is 0. The Morgan fingerprint density at radius 3 is 2.57 bits per heavy atom. The van der Waals surface area contributed by atoms with E-state index in [-0.39, 0.29) is 0 Å². The van der Waals surface area contributed by atoms with Gasteiger partial charge in [0.05, 0.1) is 18.1 Å². The SMILES string of the molecule is CCC(Oc1c([N+](=O)[O-])ccc(F)c1C(C)=O)C1(C)OCCO1. The lowest BCUT2D eigenvalue weighted by Crippen LogP contribution is -2.44. The number of carbonyl (C=O) groups excluding carboxylic acids is 1. The second-order valence-corrected chi connectivity index (χ2v) is 5.31. The quantitative estimate of drug-likeness (QED) is 0.453. The average Bonchev–Trinajstić information content (AvgIpc) is 2.91. The first-order valence-electron chi connectivity index (χ1n) is 7.22. The van der Waals surface area contributed by atoms with Crippen LogP contribution >= 0.6 is 0 Å². The maximum atomic E-state index is 14.0. The van der Waals surface area contributed by atoms with Gasteiger partial charge in [-0.15, -0.1) is 0 Å². The lowest BCUT2D eigenvalue weighted by Gasteiger charge is -2.32. The van der Waals surface area contributed by atoms with Crippen LogP contribution in [0, 0.1) is 15.9 Å². The molecule has 1 aliphatic rings. The summed E-state index contributed by atoms with van der Waals surface area (Å²) in [5.41, 5.74) is -0.920. The minimum atomic E-state index is -1.11. The number of hydrogen-bond donors (Lipinski definition) is 0. The molecular weight excluding hydrogens is 309 g/mol. The van der Waals surface area contributed by atoms with Gasteiger partial charge in [0.2, 0.25) is 11.5 Å². The highest BCUT2D eigenvalue weighted by molar-refractivity contribution is 5.98. The summed E-state index contributed by atoms with van der Waals surface area (Å²) in [6.45, 7) is 5.27. The van der Waals surface area contributed by atoms with Crippen LogP contribution in [0.1, 0.15) is 37.6 Å². The maximum Gasteiger partial charge on any atom is 0.311 e. The number of nitro groups is 1. The molecule has 8 heteroatoms. The summed E-state index contributed by atoms with van der Waals surface area (Å²) in [6, 6.07) is 1.86.